The van der Waals surface area contributed by atoms with Gasteiger partial charge < -0.3 is 9.47 Å². The van der Waals surface area contributed by atoms with Crippen LogP contribution in [0.25, 0.3) is 11.1 Å². The van der Waals surface area contributed by atoms with Gasteiger partial charge in [0.15, 0.2) is 0 Å². The summed E-state index contributed by atoms with van der Waals surface area (Å²) in [5.74, 6) is 0.998. The summed E-state index contributed by atoms with van der Waals surface area (Å²) in [6.07, 6.45) is 0. The van der Waals surface area contributed by atoms with Crippen LogP contribution < -0.4 is 9.47 Å². The van der Waals surface area contributed by atoms with Crippen molar-refractivity contribution in [2.45, 2.75) is 20.5 Å². The maximum atomic E-state index is 11.6. The first kappa shape index (κ1) is 13.4. The van der Waals surface area contributed by atoms with Crippen LogP contribution >= 0.6 is 0 Å². The monoisotopic (exact) mass is 280 g/mol. The van der Waals surface area contributed by atoms with Crippen molar-refractivity contribution in [3.63, 3.8) is 0 Å². The second-order valence-corrected chi connectivity index (χ2v) is 5.28. The van der Waals surface area contributed by atoms with Crippen LogP contribution in [0.4, 0.5) is 0 Å². The molecule has 0 fully saturated rings. The highest BCUT2D eigenvalue weighted by Gasteiger charge is 2.18. The third kappa shape index (κ3) is 2.55. The summed E-state index contributed by atoms with van der Waals surface area (Å²) in [6.45, 7) is 7.72. The van der Waals surface area contributed by atoms with Gasteiger partial charge in [-0.05, 0) is 43.2 Å². The van der Waals surface area contributed by atoms with Crippen molar-refractivity contribution in [1.29, 1.82) is 0 Å². The first-order valence-electron chi connectivity index (χ1n) is 6.79. The molecule has 0 aliphatic carbocycles. The van der Waals surface area contributed by atoms with Crippen LogP contribution in [-0.2, 0) is 11.4 Å². The minimum atomic E-state index is -0.414. The molecular formula is C18H16O3. The summed E-state index contributed by atoms with van der Waals surface area (Å²) in [6, 6.07) is 11.8. The number of hydrogen-bond donors (Lipinski definition) is 0. The van der Waals surface area contributed by atoms with E-state index < -0.39 is 5.97 Å². The van der Waals surface area contributed by atoms with E-state index in [-0.39, 0.29) is 0 Å². The van der Waals surface area contributed by atoms with Crippen molar-refractivity contribution < 1.29 is 14.3 Å². The Balaban J connectivity index is 1.96. The van der Waals surface area contributed by atoms with E-state index in [0.717, 1.165) is 22.4 Å². The van der Waals surface area contributed by atoms with Crippen molar-refractivity contribution in [3.8, 4) is 22.6 Å². The van der Waals surface area contributed by atoms with E-state index >= 15 is 0 Å². The molecule has 0 atom stereocenters. The predicted molar refractivity (Wildman–Crippen MR) is 81.4 cm³/mol. The van der Waals surface area contributed by atoms with Gasteiger partial charge in [0.25, 0.3) is 0 Å². The van der Waals surface area contributed by atoms with Gasteiger partial charge in [-0.15, -0.1) is 0 Å². The minimum absolute atomic E-state index is 0.379. The zero-order chi connectivity index (χ0) is 15.0. The van der Waals surface area contributed by atoms with E-state index in [0.29, 0.717) is 17.9 Å². The Bertz CT molecular complexity index is 744. The SMILES string of the molecule is C=C(C)C(=O)Oc1ccc2c(c1)COc1cc(C)ccc1-2. The average Bonchev–Trinajstić information content (AvgIpc) is 2.46. The fourth-order valence-electron chi connectivity index (χ4n) is 2.34. The Kier molecular flexibility index (Phi) is 3.26. The quantitative estimate of drug-likeness (QED) is 0.473. The van der Waals surface area contributed by atoms with Crippen LogP contribution in [0.5, 0.6) is 11.5 Å². The number of carbonyl (C=O) groups excluding carboxylic acids is 1. The lowest BCUT2D eigenvalue weighted by molar-refractivity contribution is -0.130. The zero-order valence-corrected chi connectivity index (χ0v) is 12.1. The van der Waals surface area contributed by atoms with Crippen LogP contribution in [0, 0.1) is 6.92 Å². The summed E-state index contributed by atoms with van der Waals surface area (Å²) >= 11 is 0. The van der Waals surface area contributed by atoms with Gasteiger partial charge in [-0.2, -0.15) is 0 Å². The molecule has 0 radical (unpaired) electrons. The molecule has 106 valence electrons. The third-order valence-electron chi connectivity index (χ3n) is 3.45. The van der Waals surface area contributed by atoms with E-state index in [1.54, 1.807) is 13.0 Å². The van der Waals surface area contributed by atoms with Gasteiger partial charge in [-0.25, -0.2) is 4.79 Å². The molecule has 0 saturated heterocycles. The van der Waals surface area contributed by atoms with Crippen molar-refractivity contribution in [2.75, 3.05) is 0 Å². The summed E-state index contributed by atoms with van der Waals surface area (Å²) in [4.78, 5) is 11.6. The summed E-state index contributed by atoms with van der Waals surface area (Å²) in [7, 11) is 0. The van der Waals surface area contributed by atoms with Gasteiger partial charge >= 0.3 is 5.97 Å². The normalized spacial score (nSPS) is 11.9. The fraction of sp³-hybridized carbons (Fsp3) is 0.167. The standard InChI is InChI=1S/C18H16O3/c1-11(2)18(19)21-14-5-7-15-13(9-14)10-20-17-8-12(3)4-6-16(15)17/h4-9H,1,10H2,2-3H3. The number of benzene rings is 2. The van der Waals surface area contributed by atoms with Gasteiger partial charge in [0.05, 0.1) is 0 Å². The van der Waals surface area contributed by atoms with Crippen LogP contribution in [0.2, 0.25) is 0 Å². The van der Waals surface area contributed by atoms with Gasteiger partial charge in [0.1, 0.15) is 18.1 Å². The van der Waals surface area contributed by atoms with Crippen LogP contribution in [-0.4, -0.2) is 5.97 Å². The number of esters is 1. The molecule has 2 aromatic rings. The Morgan fingerprint density at radius 3 is 2.71 bits per heavy atom. The maximum Gasteiger partial charge on any atom is 0.338 e. The Morgan fingerprint density at radius 1 is 1.19 bits per heavy atom. The lowest BCUT2D eigenvalue weighted by Crippen LogP contribution is -2.10. The van der Waals surface area contributed by atoms with Gasteiger partial charge in [0, 0.05) is 16.7 Å². The number of fused-ring (bicyclic) bond motifs is 3. The molecular weight excluding hydrogens is 264 g/mol. The largest absolute Gasteiger partial charge is 0.488 e. The average molecular weight is 280 g/mol. The number of carbonyl (C=O) groups is 1. The molecule has 1 aliphatic rings. The second kappa shape index (κ2) is 5.09. The van der Waals surface area contributed by atoms with E-state index in [4.69, 9.17) is 9.47 Å². The van der Waals surface area contributed by atoms with E-state index in [9.17, 15) is 4.79 Å². The maximum absolute atomic E-state index is 11.6. The Labute approximate surface area is 123 Å². The number of aryl methyl sites for hydroxylation is 1. The van der Waals surface area contributed by atoms with Crippen molar-refractivity contribution in [1.82, 2.24) is 0 Å². The second-order valence-electron chi connectivity index (χ2n) is 5.28. The highest BCUT2D eigenvalue weighted by Crippen LogP contribution is 2.39. The zero-order valence-electron chi connectivity index (χ0n) is 12.1. The molecule has 21 heavy (non-hydrogen) atoms. The molecule has 0 N–H and O–H groups in total. The van der Waals surface area contributed by atoms with E-state index in [2.05, 4.69) is 18.7 Å². The van der Waals surface area contributed by atoms with Crippen molar-refractivity contribution in [2.24, 2.45) is 0 Å². The molecule has 1 heterocycles. The van der Waals surface area contributed by atoms with Crippen LogP contribution in [0.1, 0.15) is 18.1 Å². The number of rotatable bonds is 2. The molecule has 0 amide bonds. The Hall–Kier alpha value is -2.55. The van der Waals surface area contributed by atoms with Crippen molar-refractivity contribution >= 4 is 5.97 Å². The molecule has 3 heteroatoms. The molecule has 0 aromatic heterocycles. The summed E-state index contributed by atoms with van der Waals surface area (Å²) < 4.78 is 11.0. The molecule has 1 aliphatic heterocycles. The van der Waals surface area contributed by atoms with Crippen LogP contribution in [0.15, 0.2) is 48.6 Å². The van der Waals surface area contributed by atoms with Crippen molar-refractivity contribution in [3.05, 3.63) is 59.7 Å². The smallest absolute Gasteiger partial charge is 0.338 e. The molecule has 2 aromatic carbocycles. The number of hydrogen-bond acceptors (Lipinski definition) is 3. The third-order valence-corrected chi connectivity index (χ3v) is 3.45. The van der Waals surface area contributed by atoms with E-state index in [1.807, 2.05) is 25.1 Å². The Morgan fingerprint density at radius 2 is 1.95 bits per heavy atom. The van der Waals surface area contributed by atoms with Gasteiger partial charge in [-0.3, -0.25) is 0 Å². The predicted octanol–water partition coefficient (Wildman–Crippen LogP) is 4.04. The summed E-state index contributed by atoms with van der Waals surface area (Å²) in [5.41, 5.74) is 4.75. The molecule has 3 rings (SSSR count). The van der Waals surface area contributed by atoms with Crippen LogP contribution in [0.3, 0.4) is 0 Å². The molecule has 3 nitrogen and oxygen atoms in total. The van der Waals surface area contributed by atoms with Gasteiger partial charge in [0.2, 0.25) is 0 Å². The van der Waals surface area contributed by atoms with E-state index in [1.165, 1.54) is 5.56 Å². The first-order valence-corrected chi connectivity index (χ1v) is 6.79. The first-order chi connectivity index (χ1) is 10.0. The summed E-state index contributed by atoms with van der Waals surface area (Å²) in [5, 5.41) is 0. The number of ether oxygens (including phenoxy) is 2. The lowest BCUT2D eigenvalue weighted by atomic mass is 9.96. The fourth-order valence-corrected chi connectivity index (χ4v) is 2.34. The topological polar surface area (TPSA) is 35.5 Å². The lowest BCUT2D eigenvalue weighted by Gasteiger charge is -2.21. The minimum Gasteiger partial charge on any atom is -0.488 e. The molecule has 0 spiro atoms. The highest BCUT2D eigenvalue weighted by atomic mass is 16.5. The highest BCUT2D eigenvalue weighted by molar-refractivity contribution is 5.89. The molecule has 0 saturated carbocycles. The molecule has 0 unspecified atom stereocenters. The molecule has 0 bridgehead atoms. The van der Waals surface area contributed by atoms with Gasteiger partial charge in [-0.1, -0.05) is 24.8 Å².